The molecule has 0 bridgehead atoms. The molecule has 0 aromatic heterocycles. The monoisotopic (exact) mass is 262 g/mol. The maximum Gasteiger partial charge on any atom is 0.227 e. The number of anilines is 2. The molecule has 3 rings (SSSR count). The minimum Gasteiger partial charge on any atom is -0.489 e. The number of carbonyl (C=O) groups is 1. The first kappa shape index (κ1) is 12.1. The molecule has 1 heterocycles. The summed E-state index contributed by atoms with van der Waals surface area (Å²) in [5, 5.41) is 2.87. The third-order valence-electron chi connectivity index (χ3n) is 3.62. The van der Waals surface area contributed by atoms with Crippen molar-refractivity contribution in [1.29, 1.82) is 0 Å². The van der Waals surface area contributed by atoms with Gasteiger partial charge in [-0.1, -0.05) is 6.92 Å². The quantitative estimate of drug-likeness (QED) is 0.800. The smallest absolute Gasteiger partial charge is 0.227 e. The molecule has 19 heavy (non-hydrogen) atoms. The van der Waals surface area contributed by atoms with Gasteiger partial charge in [-0.2, -0.15) is 0 Å². The Bertz CT molecular complexity index is 516. The number of fused-ring (bicyclic) bond motifs is 1. The molecule has 102 valence electrons. The van der Waals surface area contributed by atoms with Crippen LogP contribution in [0.2, 0.25) is 0 Å². The molecule has 0 radical (unpaired) electrons. The third-order valence-corrected chi connectivity index (χ3v) is 3.62. The highest BCUT2D eigenvalue weighted by atomic mass is 16.5. The summed E-state index contributed by atoms with van der Waals surface area (Å²) in [6.45, 7) is 3.31. The van der Waals surface area contributed by atoms with E-state index in [0.717, 1.165) is 12.8 Å². The van der Waals surface area contributed by atoms with Crippen molar-refractivity contribution in [1.82, 2.24) is 0 Å². The topological polar surface area (TPSA) is 73.6 Å². The predicted molar refractivity (Wildman–Crippen MR) is 72.4 cm³/mol. The Morgan fingerprint density at radius 3 is 2.58 bits per heavy atom. The van der Waals surface area contributed by atoms with Gasteiger partial charge in [-0.15, -0.1) is 0 Å². The van der Waals surface area contributed by atoms with Crippen molar-refractivity contribution in [2.24, 2.45) is 11.8 Å². The van der Waals surface area contributed by atoms with Crippen molar-refractivity contribution in [2.45, 2.75) is 19.8 Å². The van der Waals surface area contributed by atoms with Crippen molar-refractivity contribution >= 4 is 17.3 Å². The van der Waals surface area contributed by atoms with Crippen LogP contribution in [0.25, 0.3) is 0 Å². The molecular weight excluding hydrogens is 244 g/mol. The number of hydrogen-bond acceptors (Lipinski definition) is 4. The molecule has 1 aromatic carbocycles. The Morgan fingerprint density at radius 1 is 1.32 bits per heavy atom. The molecular formula is C14H18N2O3. The first-order chi connectivity index (χ1) is 9.15. The molecule has 0 spiro atoms. The van der Waals surface area contributed by atoms with Gasteiger partial charge in [0.2, 0.25) is 5.91 Å². The summed E-state index contributed by atoms with van der Waals surface area (Å²) in [6.07, 6.45) is 1.80. The molecule has 1 fully saturated rings. The number of amides is 1. The molecule has 3 N–H and O–H groups in total. The molecule has 5 nitrogen and oxygen atoms in total. The summed E-state index contributed by atoms with van der Waals surface area (Å²) in [5.74, 6) is 1.92. The van der Waals surface area contributed by atoms with Gasteiger partial charge in [-0.25, -0.2) is 0 Å². The molecule has 1 saturated carbocycles. The van der Waals surface area contributed by atoms with Gasteiger partial charge in [-0.3, -0.25) is 4.79 Å². The van der Waals surface area contributed by atoms with Gasteiger partial charge in [-0.05, 0) is 12.3 Å². The number of hydrogen-bond donors (Lipinski definition) is 2. The Balaban J connectivity index is 1.81. The minimum absolute atomic E-state index is 0.0358. The molecule has 2 atom stereocenters. The van der Waals surface area contributed by atoms with E-state index in [1.165, 1.54) is 0 Å². The van der Waals surface area contributed by atoms with Gasteiger partial charge < -0.3 is 20.5 Å². The van der Waals surface area contributed by atoms with Crippen LogP contribution in [0.4, 0.5) is 11.4 Å². The zero-order chi connectivity index (χ0) is 13.4. The van der Waals surface area contributed by atoms with Crippen LogP contribution in [0.3, 0.4) is 0 Å². The van der Waals surface area contributed by atoms with Crippen molar-refractivity contribution in [3.63, 3.8) is 0 Å². The van der Waals surface area contributed by atoms with Gasteiger partial charge in [0.1, 0.15) is 0 Å². The maximum absolute atomic E-state index is 11.9. The Hall–Kier alpha value is -1.91. The second-order valence-electron chi connectivity index (χ2n) is 5.25. The fourth-order valence-electron chi connectivity index (χ4n) is 2.25. The van der Waals surface area contributed by atoms with Crippen molar-refractivity contribution in [3.8, 4) is 11.5 Å². The van der Waals surface area contributed by atoms with Crippen LogP contribution in [0.1, 0.15) is 19.8 Å². The number of nitrogen functional groups attached to an aromatic ring is 1. The SMILES string of the molecule is CC1CC1C(=O)Nc1cc2c(cc1N)OCCCO2. The second kappa shape index (κ2) is 4.64. The lowest BCUT2D eigenvalue weighted by molar-refractivity contribution is -0.117. The molecule has 1 aliphatic carbocycles. The average molecular weight is 262 g/mol. The minimum atomic E-state index is 0.0358. The van der Waals surface area contributed by atoms with Gasteiger partial charge in [0.25, 0.3) is 0 Å². The molecule has 2 aliphatic rings. The van der Waals surface area contributed by atoms with E-state index < -0.39 is 0 Å². The number of nitrogens with two attached hydrogens (primary N) is 1. The van der Waals surface area contributed by atoms with Gasteiger partial charge in [0.05, 0.1) is 24.6 Å². The lowest BCUT2D eigenvalue weighted by atomic mass is 10.2. The Kier molecular flexibility index (Phi) is 2.97. The summed E-state index contributed by atoms with van der Waals surface area (Å²) in [5.41, 5.74) is 7.06. The van der Waals surface area contributed by atoms with Gasteiger partial charge >= 0.3 is 0 Å². The highest BCUT2D eigenvalue weighted by Crippen LogP contribution is 2.40. The second-order valence-corrected chi connectivity index (χ2v) is 5.25. The number of rotatable bonds is 2. The van der Waals surface area contributed by atoms with Crippen LogP contribution in [-0.4, -0.2) is 19.1 Å². The van der Waals surface area contributed by atoms with Crippen molar-refractivity contribution < 1.29 is 14.3 Å². The molecule has 5 heteroatoms. The molecule has 2 unspecified atom stereocenters. The van der Waals surface area contributed by atoms with E-state index in [1.54, 1.807) is 12.1 Å². The van der Waals surface area contributed by atoms with Crippen molar-refractivity contribution in [3.05, 3.63) is 12.1 Å². The van der Waals surface area contributed by atoms with E-state index in [9.17, 15) is 4.79 Å². The first-order valence-corrected chi connectivity index (χ1v) is 6.65. The van der Waals surface area contributed by atoms with Gasteiger partial charge in [0, 0.05) is 24.5 Å². The largest absolute Gasteiger partial charge is 0.489 e. The summed E-state index contributed by atoms with van der Waals surface area (Å²) in [7, 11) is 0. The normalized spacial score (nSPS) is 24.5. The van der Waals surface area contributed by atoms with Crippen LogP contribution >= 0.6 is 0 Å². The zero-order valence-corrected chi connectivity index (χ0v) is 10.9. The molecule has 0 saturated heterocycles. The van der Waals surface area contributed by atoms with Crippen LogP contribution in [-0.2, 0) is 4.79 Å². The predicted octanol–water partition coefficient (Wildman–Crippen LogP) is 2.02. The highest BCUT2D eigenvalue weighted by molar-refractivity contribution is 5.97. The fourth-order valence-corrected chi connectivity index (χ4v) is 2.25. The van der Waals surface area contributed by atoms with Crippen LogP contribution in [0.5, 0.6) is 11.5 Å². The van der Waals surface area contributed by atoms with Gasteiger partial charge in [0.15, 0.2) is 11.5 Å². The van der Waals surface area contributed by atoms with Crippen molar-refractivity contribution in [2.75, 3.05) is 24.3 Å². The molecule has 1 amide bonds. The van der Waals surface area contributed by atoms with E-state index in [1.807, 2.05) is 0 Å². The Labute approximate surface area is 112 Å². The van der Waals surface area contributed by atoms with Crippen LogP contribution in [0.15, 0.2) is 12.1 Å². The highest BCUT2D eigenvalue weighted by Gasteiger charge is 2.39. The summed E-state index contributed by atoms with van der Waals surface area (Å²) in [6, 6.07) is 3.47. The number of nitrogens with one attached hydrogen (secondary N) is 1. The number of ether oxygens (including phenoxy) is 2. The van der Waals surface area contributed by atoms with E-state index in [2.05, 4.69) is 12.2 Å². The van der Waals surface area contributed by atoms with E-state index >= 15 is 0 Å². The number of carbonyl (C=O) groups excluding carboxylic acids is 1. The van der Waals surface area contributed by atoms with E-state index in [-0.39, 0.29) is 11.8 Å². The summed E-state index contributed by atoms with van der Waals surface area (Å²) in [4.78, 5) is 11.9. The third kappa shape index (κ3) is 2.45. The van der Waals surface area contributed by atoms with Crippen LogP contribution < -0.4 is 20.5 Å². The first-order valence-electron chi connectivity index (χ1n) is 6.65. The maximum atomic E-state index is 11.9. The zero-order valence-electron chi connectivity index (χ0n) is 10.9. The lowest BCUT2D eigenvalue weighted by Crippen LogP contribution is -2.15. The van der Waals surface area contributed by atoms with E-state index in [0.29, 0.717) is 42.0 Å². The fraction of sp³-hybridized carbons (Fsp3) is 0.500. The Morgan fingerprint density at radius 2 is 1.95 bits per heavy atom. The molecule has 1 aliphatic heterocycles. The standard InChI is InChI=1S/C14H18N2O3/c1-8-5-9(8)14(17)16-11-7-13-12(6-10(11)15)18-3-2-4-19-13/h6-9H,2-5,15H2,1H3,(H,16,17). The number of benzene rings is 1. The lowest BCUT2D eigenvalue weighted by Gasteiger charge is -2.13. The van der Waals surface area contributed by atoms with Crippen LogP contribution in [0, 0.1) is 11.8 Å². The summed E-state index contributed by atoms with van der Waals surface area (Å²) < 4.78 is 11.1. The average Bonchev–Trinajstić information content (AvgIpc) is 3.13. The van der Waals surface area contributed by atoms with E-state index in [4.69, 9.17) is 15.2 Å². The summed E-state index contributed by atoms with van der Waals surface area (Å²) >= 11 is 0. The molecule has 1 aromatic rings.